The summed E-state index contributed by atoms with van der Waals surface area (Å²) >= 11 is 1.28. The van der Waals surface area contributed by atoms with E-state index in [4.69, 9.17) is 10.5 Å². The minimum absolute atomic E-state index is 0.0688. The second-order valence-corrected chi connectivity index (χ2v) is 5.07. The van der Waals surface area contributed by atoms with Gasteiger partial charge in [0, 0.05) is 25.4 Å². The van der Waals surface area contributed by atoms with E-state index in [-0.39, 0.29) is 11.2 Å². The van der Waals surface area contributed by atoms with Gasteiger partial charge in [-0.05, 0) is 13.8 Å². The fourth-order valence-electron chi connectivity index (χ4n) is 1.25. The van der Waals surface area contributed by atoms with Gasteiger partial charge < -0.3 is 15.8 Å². The summed E-state index contributed by atoms with van der Waals surface area (Å²) in [5.41, 5.74) is 6.42. The van der Waals surface area contributed by atoms with E-state index in [2.05, 4.69) is 15.3 Å². The van der Waals surface area contributed by atoms with Gasteiger partial charge in [0.2, 0.25) is 5.91 Å². The zero-order chi connectivity index (χ0) is 13.5. The molecule has 0 spiro atoms. The van der Waals surface area contributed by atoms with Crippen LogP contribution in [0.2, 0.25) is 0 Å². The number of nitrogens with two attached hydrogens (primary N) is 1. The summed E-state index contributed by atoms with van der Waals surface area (Å²) in [5.74, 6) is 0.345. The fourth-order valence-corrected chi connectivity index (χ4v) is 2.11. The van der Waals surface area contributed by atoms with Crippen molar-refractivity contribution in [1.29, 1.82) is 0 Å². The molecule has 0 saturated heterocycles. The molecule has 0 saturated carbocycles. The largest absolute Gasteiger partial charge is 0.384 e. The Morgan fingerprint density at radius 3 is 2.94 bits per heavy atom. The van der Waals surface area contributed by atoms with E-state index in [9.17, 15) is 4.79 Å². The van der Waals surface area contributed by atoms with Crippen LogP contribution in [0, 0.1) is 6.92 Å². The molecule has 1 atom stereocenters. The fraction of sp³-hybridized carbons (Fsp3) is 0.545. The van der Waals surface area contributed by atoms with Crippen molar-refractivity contribution < 1.29 is 9.53 Å². The molecule has 1 aromatic heterocycles. The van der Waals surface area contributed by atoms with E-state index in [0.29, 0.717) is 24.1 Å². The number of methoxy groups -OCH3 is 1. The lowest BCUT2D eigenvalue weighted by atomic mass is 10.4. The second-order valence-electron chi connectivity index (χ2n) is 3.76. The standard InChI is InChI=1S/C11H18N4O2S/c1-7-6-9(12)15-11(14-7)18-8(2)10(16)13-4-5-17-3/h6,8H,4-5H2,1-3H3,(H,13,16)(H2,12,14,15). The summed E-state index contributed by atoms with van der Waals surface area (Å²) in [6.45, 7) is 4.63. The van der Waals surface area contributed by atoms with Gasteiger partial charge in [0.05, 0.1) is 11.9 Å². The van der Waals surface area contributed by atoms with Gasteiger partial charge in [0.1, 0.15) is 5.82 Å². The van der Waals surface area contributed by atoms with Gasteiger partial charge in [-0.15, -0.1) is 0 Å². The number of anilines is 1. The van der Waals surface area contributed by atoms with Gasteiger partial charge in [-0.1, -0.05) is 11.8 Å². The maximum absolute atomic E-state index is 11.7. The molecule has 0 aliphatic rings. The third kappa shape index (κ3) is 4.89. The number of nitrogens with one attached hydrogen (secondary N) is 1. The summed E-state index contributed by atoms with van der Waals surface area (Å²) in [6, 6.07) is 1.69. The molecule has 0 radical (unpaired) electrons. The van der Waals surface area contributed by atoms with Crippen molar-refractivity contribution in [3.05, 3.63) is 11.8 Å². The van der Waals surface area contributed by atoms with Crippen LogP contribution in [0.3, 0.4) is 0 Å². The number of carbonyl (C=O) groups excluding carboxylic acids is 1. The minimum Gasteiger partial charge on any atom is -0.384 e. The molecule has 0 fully saturated rings. The zero-order valence-corrected chi connectivity index (χ0v) is 11.6. The first kappa shape index (κ1) is 14.7. The molecule has 1 heterocycles. The Labute approximate surface area is 111 Å². The molecule has 0 bridgehead atoms. The van der Waals surface area contributed by atoms with Crippen LogP contribution in [0.5, 0.6) is 0 Å². The van der Waals surface area contributed by atoms with E-state index in [1.807, 2.05) is 6.92 Å². The summed E-state index contributed by atoms with van der Waals surface area (Å²) < 4.78 is 4.86. The molecule has 7 heteroatoms. The minimum atomic E-state index is -0.275. The third-order valence-electron chi connectivity index (χ3n) is 2.11. The van der Waals surface area contributed by atoms with Gasteiger partial charge in [-0.3, -0.25) is 4.79 Å². The van der Waals surface area contributed by atoms with E-state index in [0.717, 1.165) is 5.69 Å². The number of hydrogen-bond donors (Lipinski definition) is 2. The topological polar surface area (TPSA) is 90.1 Å². The predicted molar refractivity (Wildman–Crippen MR) is 71.4 cm³/mol. The molecule has 18 heavy (non-hydrogen) atoms. The molecular formula is C11H18N4O2S. The van der Waals surface area contributed by atoms with Gasteiger partial charge in [-0.25, -0.2) is 9.97 Å². The predicted octanol–water partition coefficient (Wildman–Crippen LogP) is 0.610. The number of carbonyl (C=O) groups is 1. The molecule has 1 amide bonds. The zero-order valence-electron chi connectivity index (χ0n) is 10.8. The molecule has 3 N–H and O–H groups in total. The number of hydrogen-bond acceptors (Lipinski definition) is 6. The van der Waals surface area contributed by atoms with Crippen molar-refractivity contribution in [1.82, 2.24) is 15.3 Å². The highest BCUT2D eigenvalue weighted by Crippen LogP contribution is 2.20. The van der Waals surface area contributed by atoms with Gasteiger partial charge in [0.25, 0.3) is 0 Å². The molecule has 6 nitrogen and oxygen atoms in total. The number of aromatic nitrogens is 2. The highest BCUT2D eigenvalue weighted by Gasteiger charge is 2.15. The number of aryl methyl sites for hydroxylation is 1. The Morgan fingerprint density at radius 1 is 1.61 bits per heavy atom. The third-order valence-corrected chi connectivity index (χ3v) is 3.07. The summed E-state index contributed by atoms with van der Waals surface area (Å²) in [6.07, 6.45) is 0. The van der Waals surface area contributed by atoms with Crippen molar-refractivity contribution in [3.8, 4) is 0 Å². The lowest BCUT2D eigenvalue weighted by molar-refractivity contribution is -0.120. The van der Waals surface area contributed by atoms with Crippen molar-refractivity contribution in [2.24, 2.45) is 0 Å². The SMILES string of the molecule is COCCNC(=O)C(C)Sc1nc(C)cc(N)n1. The Bertz CT molecular complexity index is 394. The van der Waals surface area contributed by atoms with Crippen LogP contribution in [-0.2, 0) is 9.53 Å². The van der Waals surface area contributed by atoms with Crippen LogP contribution < -0.4 is 11.1 Å². The molecule has 0 aliphatic heterocycles. The van der Waals surface area contributed by atoms with Gasteiger partial charge in [0.15, 0.2) is 5.16 Å². The van der Waals surface area contributed by atoms with Crippen molar-refractivity contribution in [2.45, 2.75) is 24.3 Å². The number of thioether (sulfide) groups is 1. The maximum atomic E-state index is 11.7. The second kappa shape index (κ2) is 7.17. The average molecular weight is 270 g/mol. The summed E-state index contributed by atoms with van der Waals surface area (Å²) in [7, 11) is 1.59. The molecule has 1 rings (SSSR count). The van der Waals surface area contributed by atoms with Crippen LogP contribution >= 0.6 is 11.8 Å². The van der Waals surface area contributed by atoms with Crippen LogP contribution in [0.1, 0.15) is 12.6 Å². The van der Waals surface area contributed by atoms with Crippen LogP contribution in [-0.4, -0.2) is 41.4 Å². The first-order valence-corrected chi connectivity index (χ1v) is 6.45. The van der Waals surface area contributed by atoms with Crippen molar-refractivity contribution in [3.63, 3.8) is 0 Å². The van der Waals surface area contributed by atoms with Crippen LogP contribution in [0.25, 0.3) is 0 Å². The quantitative estimate of drug-likeness (QED) is 0.447. The molecule has 0 aliphatic carbocycles. The lowest BCUT2D eigenvalue weighted by Gasteiger charge is -2.11. The van der Waals surface area contributed by atoms with E-state index in [1.165, 1.54) is 11.8 Å². The normalized spacial score (nSPS) is 12.2. The highest BCUT2D eigenvalue weighted by atomic mass is 32.2. The van der Waals surface area contributed by atoms with E-state index >= 15 is 0 Å². The van der Waals surface area contributed by atoms with Gasteiger partial charge in [-0.2, -0.15) is 0 Å². The lowest BCUT2D eigenvalue weighted by Crippen LogP contribution is -2.33. The number of amides is 1. The maximum Gasteiger partial charge on any atom is 0.233 e. The first-order chi connectivity index (χ1) is 8.52. The number of nitrogen functional groups attached to an aromatic ring is 1. The van der Waals surface area contributed by atoms with Crippen molar-refractivity contribution in [2.75, 3.05) is 26.0 Å². The Balaban J connectivity index is 2.52. The molecule has 100 valence electrons. The smallest absolute Gasteiger partial charge is 0.233 e. The number of nitrogens with zero attached hydrogens (tertiary/aromatic N) is 2. The molecule has 0 aromatic carbocycles. The molecule has 1 aromatic rings. The summed E-state index contributed by atoms with van der Waals surface area (Å²) in [4.78, 5) is 20.0. The number of rotatable bonds is 6. The van der Waals surface area contributed by atoms with E-state index < -0.39 is 0 Å². The Kier molecular flexibility index (Phi) is 5.87. The Morgan fingerprint density at radius 2 is 2.33 bits per heavy atom. The first-order valence-electron chi connectivity index (χ1n) is 5.57. The summed E-state index contributed by atoms with van der Waals surface area (Å²) in [5, 5.41) is 3.00. The van der Waals surface area contributed by atoms with Crippen LogP contribution in [0.15, 0.2) is 11.2 Å². The van der Waals surface area contributed by atoms with Crippen LogP contribution in [0.4, 0.5) is 5.82 Å². The average Bonchev–Trinajstić information content (AvgIpc) is 2.27. The van der Waals surface area contributed by atoms with Crippen molar-refractivity contribution >= 4 is 23.5 Å². The van der Waals surface area contributed by atoms with E-state index in [1.54, 1.807) is 20.1 Å². The monoisotopic (exact) mass is 270 g/mol. The molecular weight excluding hydrogens is 252 g/mol. The number of ether oxygens (including phenoxy) is 1. The Hall–Kier alpha value is -1.34. The van der Waals surface area contributed by atoms with Gasteiger partial charge >= 0.3 is 0 Å². The highest BCUT2D eigenvalue weighted by molar-refractivity contribution is 8.00. The molecule has 1 unspecified atom stereocenters.